The van der Waals surface area contributed by atoms with Gasteiger partial charge in [0, 0.05) is 42.0 Å². The molecule has 0 spiro atoms. The molecule has 330 valence electrons. The molecule has 6 aliphatic heterocycles. The fraction of sp³-hybridized carbons (Fsp3) is 1.00. The zero-order chi connectivity index (χ0) is 41.5. The largest absolute Gasteiger partial charge is 0.657 e. The Hall–Kier alpha value is 1.26. The summed E-state index contributed by atoms with van der Waals surface area (Å²) in [6, 6.07) is 4.19. The molecule has 0 N–H and O–H groups in total. The Bertz CT molecular complexity index is 1270. The van der Waals surface area contributed by atoms with E-state index in [0.29, 0.717) is 47.8 Å². The number of rotatable bonds is 17. The summed E-state index contributed by atoms with van der Waals surface area (Å²) < 4.78 is 94.0. The van der Waals surface area contributed by atoms with Gasteiger partial charge in [-0.1, -0.05) is 89.5 Å². The lowest BCUT2D eigenvalue weighted by Crippen LogP contribution is -2.88. The molecule has 2 aliphatic carbocycles. The minimum atomic E-state index is -4.32. The summed E-state index contributed by atoms with van der Waals surface area (Å²) in [4.78, 5) is 0. The van der Waals surface area contributed by atoms with E-state index < -0.39 is 70.2 Å². The molecule has 11 unspecified atom stereocenters. The molecule has 8 fully saturated rings. The van der Waals surface area contributed by atoms with Crippen LogP contribution in [0, 0.1) is 53.3 Å². The van der Waals surface area contributed by atoms with Gasteiger partial charge >= 0.3 is 70.2 Å². The van der Waals surface area contributed by atoms with Gasteiger partial charge in [-0.05, 0) is 105 Å². The monoisotopic (exact) mass is 938 g/mol. The van der Waals surface area contributed by atoms with Crippen molar-refractivity contribution in [1.29, 1.82) is 0 Å². The van der Waals surface area contributed by atoms with Gasteiger partial charge in [0.1, 0.15) is 0 Å². The molecular formula is C37H78O12Si8. The minimum absolute atomic E-state index is 0.131. The molecule has 57 heavy (non-hydrogen) atoms. The topological polar surface area (TPSA) is 111 Å². The molecule has 8 aliphatic rings. The van der Waals surface area contributed by atoms with Crippen LogP contribution in [0.15, 0.2) is 0 Å². The van der Waals surface area contributed by atoms with Crippen molar-refractivity contribution in [3.05, 3.63) is 0 Å². The first-order valence-electron chi connectivity index (χ1n) is 22.8. The van der Waals surface area contributed by atoms with Gasteiger partial charge in [-0.3, -0.25) is 0 Å². The number of fused-ring (bicyclic) bond motifs is 1. The summed E-state index contributed by atoms with van der Waals surface area (Å²) in [6.45, 7) is 30.7. The maximum atomic E-state index is 8.10. The van der Waals surface area contributed by atoms with Gasteiger partial charge in [-0.15, -0.1) is 0 Å². The molecule has 6 heterocycles. The third-order valence-electron chi connectivity index (χ3n) is 12.0. The van der Waals surface area contributed by atoms with E-state index in [4.69, 9.17) is 49.7 Å². The Morgan fingerprint density at radius 3 is 1.23 bits per heavy atom. The smallest absolute Gasteiger partial charge is 0.394 e. The highest BCUT2D eigenvalue weighted by molar-refractivity contribution is 7.06. The van der Waals surface area contributed by atoms with Crippen molar-refractivity contribution in [2.45, 2.75) is 183 Å². The molecule has 0 aromatic carbocycles. The fourth-order valence-electron chi connectivity index (χ4n) is 10.8. The maximum Gasteiger partial charge on any atom is 0.657 e. The molecule has 20 heteroatoms. The van der Waals surface area contributed by atoms with E-state index in [2.05, 4.69) is 83.1 Å². The molecule has 0 aromatic rings. The van der Waals surface area contributed by atoms with Crippen molar-refractivity contribution in [3.8, 4) is 0 Å². The van der Waals surface area contributed by atoms with Crippen molar-refractivity contribution in [3.63, 3.8) is 0 Å². The quantitative estimate of drug-likeness (QED) is 0.130. The lowest BCUT2D eigenvalue weighted by Gasteiger charge is -2.64. The van der Waals surface area contributed by atoms with Crippen LogP contribution in [0.1, 0.15) is 129 Å². The molecule has 8 rings (SSSR count). The molecular weight excluding hydrogens is 861 g/mol. The van der Waals surface area contributed by atoms with Crippen LogP contribution in [0.25, 0.3) is 0 Å². The molecule has 12 nitrogen and oxygen atoms in total. The Morgan fingerprint density at radius 1 is 0.421 bits per heavy atom. The van der Waals surface area contributed by atoms with Crippen LogP contribution >= 0.6 is 0 Å². The summed E-state index contributed by atoms with van der Waals surface area (Å²) in [5, 5.41) is 0. The third-order valence-corrected chi connectivity index (χ3v) is 53.7. The molecule has 6 saturated heterocycles. The summed E-state index contributed by atoms with van der Waals surface area (Å²) in [5.74, 6) is 3.51. The van der Waals surface area contributed by atoms with Gasteiger partial charge in [0.2, 0.25) is 0 Å². The van der Waals surface area contributed by atoms with Crippen LogP contribution in [-0.4, -0.2) is 76.3 Å². The van der Waals surface area contributed by atoms with E-state index in [1.807, 2.05) is 13.8 Å². The first kappa shape index (κ1) is 46.3. The third kappa shape index (κ3) is 10.5. The van der Waals surface area contributed by atoms with Crippen molar-refractivity contribution < 1.29 is 49.7 Å². The van der Waals surface area contributed by atoms with Crippen LogP contribution in [0.5, 0.6) is 0 Å². The van der Waals surface area contributed by atoms with Crippen LogP contribution in [0.4, 0.5) is 0 Å². The van der Waals surface area contributed by atoms with Crippen molar-refractivity contribution >= 4 is 70.2 Å². The summed E-state index contributed by atoms with van der Waals surface area (Å²) in [5.41, 5.74) is 0.580. The lowest BCUT2D eigenvalue weighted by atomic mass is 9.87. The van der Waals surface area contributed by atoms with Gasteiger partial charge in [0.15, 0.2) is 0 Å². The zero-order valence-corrected chi connectivity index (χ0v) is 45.9. The predicted octanol–water partition coefficient (Wildman–Crippen LogP) is 9.98. The van der Waals surface area contributed by atoms with Crippen molar-refractivity contribution in [2.75, 3.05) is 0 Å². The molecule has 0 amide bonds. The standard InChI is InChI=1S/C37H78O12Si8/c1-28(2)21-50-27-51(22-29(3)4)40-53(23-30(5)6)43-52(39-50,18-17-35-15-16-36-20-37(36)19-35)47-57(38-34(13)14)48-55(42-50,25-32(9)10)44-54(41-51,24-31(7)8)46-56(45-53,49-57)26-33(11)12/h28-37H,15-27H2,1-14H3. The highest BCUT2D eigenvalue weighted by Gasteiger charge is 2.83. The van der Waals surface area contributed by atoms with E-state index >= 15 is 0 Å². The van der Waals surface area contributed by atoms with Gasteiger partial charge in [-0.2, -0.15) is 0 Å². The molecule has 0 aromatic heterocycles. The van der Waals surface area contributed by atoms with E-state index in [0.717, 1.165) is 24.3 Å². The van der Waals surface area contributed by atoms with Crippen molar-refractivity contribution in [2.24, 2.45) is 53.3 Å². The number of hydrogen-bond acceptors (Lipinski definition) is 12. The summed E-state index contributed by atoms with van der Waals surface area (Å²) >= 11 is 0. The summed E-state index contributed by atoms with van der Waals surface area (Å²) in [7, 11) is -30.5. The average molecular weight is 940 g/mol. The Kier molecular flexibility index (Phi) is 13.5. The maximum absolute atomic E-state index is 8.10. The van der Waals surface area contributed by atoms with Gasteiger partial charge in [0.05, 0.1) is 0 Å². The number of hydrogen-bond donors (Lipinski definition) is 0. The first-order valence-corrected chi connectivity index (χ1v) is 38.6. The SMILES string of the molecule is CC(C)C[Si]12C[Si]3(CC(C)C)O[Si]4(CCC5CCC6CC6C5)O[Si](CC(C)C)(O1)O[Si]1(CC(C)C)O[Si](CC(C)C)(O2)O[Si](CC(C)C)(O3)O[Si](OC(C)C)(O4)O1. The second-order valence-electron chi connectivity index (χ2n) is 21.8. The van der Waals surface area contributed by atoms with Crippen LogP contribution in [0.3, 0.4) is 0 Å². The Morgan fingerprint density at radius 2 is 0.807 bits per heavy atom. The van der Waals surface area contributed by atoms with Gasteiger partial charge in [0.25, 0.3) is 0 Å². The van der Waals surface area contributed by atoms with Gasteiger partial charge in [-0.25, -0.2) is 0 Å². The second kappa shape index (κ2) is 16.7. The van der Waals surface area contributed by atoms with Crippen molar-refractivity contribution in [1.82, 2.24) is 0 Å². The molecule has 8 bridgehead atoms. The molecule has 0 radical (unpaired) electrons. The first-order chi connectivity index (χ1) is 26.4. The van der Waals surface area contributed by atoms with E-state index in [1.54, 1.807) is 0 Å². The zero-order valence-electron chi connectivity index (χ0n) is 37.9. The second-order valence-corrected chi connectivity index (χ2v) is 46.8. The van der Waals surface area contributed by atoms with E-state index in [1.165, 1.54) is 25.7 Å². The van der Waals surface area contributed by atoms with E-state index in [-0.39, 0.29) is 41.6 Å². The highest BCUT2D eigenvalue weighted by atomic mass is 28.6. The normalized spacial score (nSPS) is 45.3. The lowest BCUT2D eigenvalue weighted by molar-refractivity contribution is -0.0498. The van der Waals surface area contributed by atoms with E-state index in [9.17, 15) is 0 Å². The predicted molar refractivity (Wildman–Crippen MR) is 235 cm³/mol. The average Bonchev–Trinajstić information content (AvgIpc) is 3.72. The summed E-state index contributed by atoms with van der Waals surface area (Å²) in [6.07, 6.45) is 5.81. The molecule has 11 atom stereocenters. The van der Waals surface area contributed by atoms with Crippen LogP contribution in [-0.2, 0) is 49.7 Å². The van der Waals surface area contributed by atoms with Crippen LogP contribution < -0.4 is 0 Å². The minimum Gasteiger partial charge on any atom is -0.394 e. The van der Waals surface area contributed by atoms with Gasteiger partial charge < -0.3 is 49.7 Å². The Balaban J connectivity index is 1.53. The molecule has 2 saturated carbocycles. The Labute approximate surface area is 354 Å². The fourth-order valence-corrected chi connectivity index (χ4v) is 66.0. The van der Waals surface area contributed by atoms with Crippen LogP contribution in [0.2, 0.25) is 48.0 Å². The highest BCUT2D eigenvalue weighted by Crippen LogP contribution is 2.58.